The number of para-hydroxylation sites is 3. The maximum Gasteiger partial charge on any atom is 0.0709 e. The fourth-order valence-corrected chi connectivity index (χ4v) is 11.2. The van der Waals surface area contributed by atoms with Gasteiger partial charge in [0.15, 0.2) is 0 Å². The molecule has 11 aromatic carbocycles. The van der Waals surface area contributed by atoms with Crippen LogP contribution in [0.25, 0.3) is 64.3 Å². The van der Waals surface area contributed by atoms with Crippen LogP contribution in [0.15, 0.2) is 261 Å². The molecule has 4 heteroatoms. The highest BCUT2D eigenvalue weighted by Gasteiger charge is 2.31. The quantitative estimate of drug-likeness (QED) is 0.151. The molecule has 1 aromatic heterocycles. The van der Waals surface area contributed by atoms with Gasteiger partial charge in [-0.1, -0.05) is 164 Å². The summed E-state index contributed by atoms with van der Waals surface area (Å²) in [5.41, 5.74) is 17.2. The fraction of sp³-hybridized carbons (Fsp3) is 0. The Labute approximate surface area is 400 Å². The van der Waals surface area contributed by atoms with Gasteiger partial charge in [-0.05, 0) is 136 Å². The SMILES string of the molecule is c1ccc(-c2ccc(N3c4ccccc4N(c4ccccc4)c4ccc(-c5ccc(N(c6ccc(-c7ccc8sc9ccccc9c8c7)cc6)c6cccc7ccccc67)cc5)cc43)cc2)cc1. The molecule has 0 spiro atoms. The van der Waals surface area contributed by atoms with Crippen molar-refractivity contribution in [1.82, 2.24) is 0 Å². The van der Waals surface area contributed by atoms with E-state index >= 15 is 0 Å². The largest absolute Gasteiger partial charge is 0.310 e. The van der Waals surface area contributed by atoms with E-state index in [1.54, 1.807) is 0 Å². The molecule has 0 saturated heterocycles. The molecule has 0 aliphatic carbocycles. The van der Waals surface area contributed by atoms with Gasteiger partial charge in [-0.15, -0.1) is 11.3 Å². The lowest BCUT2D eigenvalue weighted by atomic mass is 9.98. The second-order valence-corrected chi connectivity index (χ2v) is 18.4. The fourth-order valence-electron chi connectivity index (χ4n) is 10.1. The summed E-state index contributed by atoms with van der Waals surface area (Å²) < 4.78 is 2.64. The van der Waals surface area contributed by atoms with E-state index in [1.807, 2.05) is 11.3 Å². The minimum absolute atomic E-state index is 1.09. The second kappa shape index (κ2) is 16.6. The Bertz CT molecular complexity index is 3780. The number of fused-ring (bicyclic) bond motifs is 6. The summed E-state index contributed by atoms with van der Waals surface area (Å²) in [5, 5.41) is 5.04. The Morgan fingerprint density at radius 1 is 0.279 bits per heavy atom. The standard InChI is InChI=1S/C64H43N3S/c1-3-14-44(15-4-1)45-26-38-54(39-27-45)67-60-23-11-10-22-59(60)66(51-18-5-2-6-19-51)61-40-32-50(43-62(61)67)47-30-36-53(37-31-47)65(58-24-13-17-48-16-7-8-20-55(48)58)52-34-28-46(29-35-52)49-33-41-64-57(42-49)56-21-9-12-25-63(56)68-64/h1-43H. The van der Waals surface area contributed by atoms with Gasteiger partial charge in [0.1, 0.15) is 0 Å². The van der Waals surface area contributed by atoms with E-state index < -0.39 is 0 Å². The predicted octanol–water partition coefficient (Wildman–Crippen LogP) is 18.9. The van der Waals surface area contributed by atoms with E-state index in [9.17, 15) is 0 Å². The zero-order valence-corrected chi connectivity index (χ0v) is 37.9. The minimum Gasteiger partial charge on any atom is -0.310 e. The molecule has 0 amide bonds. The van der Waals surface area contributed by atoms with Gasteiger partial charge >= 0.3 is 0 Å². The highest BCUT2D eigenvalue weighted by atomic mass is 32.1. The Balaban J connectivity index is 0.900. The molecule has 0 fully saturated rings. The van der Waals surface area contributed by atoms with Crippen molar-refractivity contribution in [3.8, 4) is 33.4 Å². The summed E-state index contributed by atoms with van der Waals surface area (Å²) in [6.07, 6.45) is 0. The summed E-state index contributed by atoms with van der Waals surface area (Å²) in [6, 6.07) is 94.9. The Hall–Kier alpha value is -8.70. The van der Waals surface area contributed by atoms with Gasteiger partial charge in [-0.3, -0.25) is 0 Å². The van der Waals surface area contributed by atoms with Crippen molar-refractivity contribution in [3.63, 3.8) is 0 Å². The molecule has 1 aliphatic heterocycles. The Morgan fingerprint density at radius 2 is 0.750 bits per heavy atom. The molecular weight excluding hydrogens is 843 g/mol. The van der Waals surface area contributed by atoms with Crippen molar-refractivity contribution < 1.29 is 0 Å². The number of rotatable bonds is 8. The van der Waals surface area contributed by atoms with Gasteiger partial charge in [0.05, 0.1) is 28.4 Å². The van der Waals surface area contributed by atoms with Gasteiger partial charge in [0.2, 0.25) is 0 Å². The van der Waals surface area contributed by atoms with Crippen molar-refractivity contribution >= 4 is 93.5 Å². The van der Waals surface area contributed by atoms with Crippen molar-refractivity contribution in [2.75, 3.05) is 14.7 Å². The van der Waals surface area contributed by atoms with Gasteiger partial charge in [0, 0.05) is 48.3 Å². The molecule has 2 heterocycles. The van der Waals surface area contributed by atoms with E-state index in [0.29, 0.717) is 0 Å². The molecule has 0 radical (unpaired) electrons. The third-order valence-corrected chi connectivity index (χ3v) is 14.5. The molecule has 0 bridgehead atoms. The second-order valence-electron chi connectivity index (χ2n) is 17.3. The molecule has 1 aliphatic rings. The average Bonchev–Trinajstić information content (AvgIpc) is 3.79. The summed E-state index contributed by atoms with van der Waals surface area (Å²) in [7, 11) is 0. The lowest BCUT2D eigenvalue weighted by molar-refractivity contribution is 1.17. The molecule has 68 heavy (non-hydrogen) atoms. The maximum atomic E-state index is 2.42. The molecule has 0 atom stereocenters. The van der Waals surface area contributed by atoms with Crippen LogP contribution >= 0.6 is 11.3 Å². The molecule has 3 nitrogen and oxygen atoms in total. The van der Waals surface area contributed by atoms with Crippen LogP contribution in [0.5, 0.6) is 0 Å². The minimum atomic E-state index is 1.09. The van der Waals surface area contributed by atoms with Crippen molar-refractivity contribution in [1.29, 1.82) is 0 Å². The number of nitrogens with zero attached hydrogens (tertiary/aromatic N) is 3. The first-order valence-electron chi connectivity index (χ1n) is 23.2. The van der Waals surface area contributed by atoms with Crippen LogP contribution in [-0.4, -0.2) is 0 Å². The van der Waals surface area contributed by atoms with Crippen LogP contribution in [0.4, 0.5) is 51.2 Å². The normalized spacial score (nSPS) is 12.1. The van der Waals surface area contributed by atoms with Crippen molar-refractivity contribution in [3.05, 3.63) is 261 Å². The van der Waals surface area contributed by atoms with E-state index in [1.165, 1.54) is 53.2 Å². The monoisotopic (exact) mass is 885 g/mol. The lowest BCUT2D eigenvalue weighted by Crippen LogP contribution is -2.24. The van der Waals surface area contributed by atoms with Crippen LogP contribution in [0.2, 0.25) is 0 Å². The molecule has 0 saturated carbocycles. The van der Waals surface area contributed by atoms with Gasteiger partial charge < -0.3 is 14.7 Å². The smallest absolute Gasteiger partial charge is 0.0709 e. The first kappa shape index (κ1) is 39.6. The number of hydrogen-bond donors (Lipinski definition) is 0. The number of benzene rings is 11. The molecule has 320 valence electrons. The summed E-state index contributed by atoms with van der Waals surface area (Å²) >= 11 is 1.86. The van der Waals surface area contributed by atoms with E-state index in [2.05, 4.69) is 276 Å². The van der Waals surface area contributed by atoms with Gasteiger partial charge in [-0.2, -0.15) is 0 Å². The van der Waals surface area contributed by atoms with Crippen molar-refractivity contribution in [2.24, 2.45) is 0 Å². The summed E-state index contributed by atoms with van der Waals surface area (Å²) in [5.74, 6) is 0. The van der Waals surface area contributed by atoms with Gasteiger partial charge in [0.25, 0.3) is 0 Å². The number of thiophene rings is 1. The molecule has 12 aromatic rings. The first-order valence-corrected chi connectivity index (χ1v) is 24.0. The third kappa shape index (κ3) is 6.90. The molecule has 13 rings (SSSR count). The zero-order valence-electron chi connectivity index (χ0n) is 37.1. The highest BCUT2D eigenvalue weighted by Crippen LogP contribution is 2.55. The zero-order chi connectivity index (χ0) is 45.0. The Morgan fingerprint density at radius 3 is 1.47 bits per heavy atom. The number of hydrogen-bond acceptors (Lipinski definition) is 4. The maximum absolute atomic E-state index is 2.42. The average molecular weight is 886 g/mol. The van der Waals surface area contributed by atoms with E-state index in [0.717, 1.165) is 62.3 Å². The third-order valence-electron chi connectivity index (χ3n) is 13.4. The van der Waals surface area contributed by atoms with E-state index in [-0.39, 0.29) is 0 Å². The Kier molecular flexibility index (Phi) is 9.69. The van der Waals surface area contributed by atoms with Crippen LogP contribution in [0.1, 0.15) is 0 Å². The first-order chi connectivity index (χ1) is 33.7. The van der Waals surface area contributed by atoms with E-state index in [4.69, 9.17) is 0 Å². The van der Waals surface area contributed by atoms with Gasteiger partial charge in [-0.25, -0.2) is 0 Å². The summed E-state index contributed by atoms with van der Waals surface area (Å²) in [6.45, 7) is 0. The van der Waals surface area contributed by atoms with Crippen LogP contribution in [-0.2, 0) is 0 Å². The lowest BCUT2D eigenvalue weighted by Gasteiger charge is -2.40. The predicted molar refractivity (Wildman–Crippen MR) is 291 cm³/mol. The number of anilines is 9. The van der Waals surface area contributed by atoms with Crippen molar-refractivity contribution in [2.45, 2.75) is 0 Å². The highest BCUT2D eigenvalue weighted by molar-refractivity contribution is 7.25. The summed E-state index contributed by atoms with van der Waals surface area (Å²) in [4.78, 5) is 7.21. The van der Waals surface area contributed by atoms with Crippen LogP contribution in [0, 0.1) is 0 Å². The topological polar surface area (TPSA) is 9.72 Å². The molecule has 0 unspecified atom stereocenters. The van der Waals surface area contributed by atoms with Crippen LogP contribution < -0.4 is 14.7 Å². The molecular formula is C64H43N3S. The molecule has 0 N–H and O–H groups in total. The van der Waals surface area contributed by atoms with Crippen LogP contribution in [0.3, 0.4) is 0 Å².